The van der Waals surface area contributed by atoms with Crippen molar-refractivity contribution in [3.8, 4) is 5.75 Å². The summed E-state index contributed by atoms with van der Waals surface area (Å²) in [6, 6.07) is 6.38. The van der Waals surface area contributed by atoms with E-state index in [-0.39, 0.29) is 0 Å². The Morgan fingerprint density at radius 1 is 1.23 bits per heavy atom. The predicted molar refractivity (Wildman–Crippen MR) is 111 cm³/mol. The summed E-state index contributed by atoms with van der Waals surface area (Å²) in [7, 11) is 0. The molecule has 3 rings (SSSR count). The maximum atomic E-state index is 5.96. The Hall–Kier alpha value is -2.00. The van der Waals surface area contributed by atoms with Crippen molar-refractivity contribution in [2.24, 2.45) is 0 Å². The third kappa shape index (κ3) is 5.01. The van der Waals surface area contributed by atoms with E-state index < -0.39 is 0 Å². The molecular weight excluding hydrogens is 320 g/mol. The molecule has 2 aliphatic rings. The van der Waals surface area contributed by atoms with Crippen molar-refractivity contribution in [1.82, 2.24) is 4.90 Å². The van der Waals surface area contributed by atoms with Crippen LogP contribution in [0.5, 0.6) is 5.75 Å². The van der Waals surface area contributed by atoms with Gasteiger partial charge in [-0.1, -0.05) is 30.4 Å². The van der Waals surface area contributed by atoms with Crippen molar-refractivity contribution in [1.29, 1.82) is 0 Å². The highest BCUT2D eigenvalue weighted by atomic mass is 16.5. The number of nitrogens with one attached hydrogen (secondary N) is 1. The van der Waals surface area contributed by atoms with E-state index in [0.717, 1.165) is 56.1 Å². The molecule has 1 aromatic carbocycles. The first-order valence-electron chi connectivity index (χ1n) is 9.90. The second-order valence-corrected chi connectivity index (χ2v) is 7.43. The number of nitrogens with zero attached hydrogens (tertiary/aromatic N) is 1. The first-order chi connectivity index (χ1) is 12.7. The Balaban J connectivity index is 1.38. The number of hydrogen-bond acceptors (Lipinski definition) is 3. The third-order valence-corrected chi connectivity index (χ3v) is 5.30. The second-order valence-electron chi connectivity index (χ2n) is 7.43. The summed E-state index contributed by atoms with van der Waals surface area (Å²) < 4.78 is 5.96. The van der Waals surface area contributed by atoms with Gasteiger partial charge in [0.15, 0.2) is 0 Å². The van der Waals surface area contributed by atoms with E-state index in [1.807, 2.05) is 0 Å². The van der Waals surface area contributed by atoms with Crippen molar-refractivity contribution in [3.63, 3.8) is 0 Å². The number of allylic oxidation sites excluding steroid dienone is 3. The molecule has 0 bridgehead atoms. The summed E-state index contributed by atoms with van der Waals surface area (Å²) >= 11 is 0. The topological polar surface area (TPSA) is 24.5 Å². The van der Waals surface area contributed by atoms with Gasteiger partial charge < -0.3 is 10.1 Å². The quantitative estimate of drug-likeness (QED) is 0.673. The van der Waals surface area contributed by atoms with Gasteiger partial charge in [-0.25, -0.2) is 0 Å². The molecule has 0 unspecified atom stereocenters. The Morgan fingerprint density at radius 3 is 2.92 bits per heavy atom. The molecule has 1 N–H and O–H groups in total. The minimum atomic E-state index is 0.784. The molecule has 3 nitrogen and oxygen atoms in total. The molecule has 2 aliphatic heterocycles. The van der Waals surface area contributed by atoms with Crippen LogP contribution in [0.25, 0.3) is 0 Å². The molecule has 1 aromatic rings. The lowest BCUT2D eigenvalue weighted by molar-refractivity contribution is 0.257. The van der Waals surface area contributed by atoms with Crippen LogP contribution >= 0.6 is 0 Å². The normalized spacial score (nSPS) is 18.2. The maximum absolute atomic E-state index is 5.96. The molecule has 0 spiro atoms. The lowest BCUT2D eigenvalue weighted by atomic mass is 10.0. The number of rotatable bonds is 7. The molecule has 0 saturated heterocycles. The molecular formula is C23H32N2O. The van der Waals surface area contributed by atoms with Crippen LogP contribution in [0.1, 0.15) is 45.1 Å². The number of benzene rings is 1. The smallest absolute Gasteiger partial charge is 0.121 e. The number of ether oxygens (including phenoxy) is 1. The summed E-state index contributed by atoms with van der Waals surface area (Å²) in [6.07, 6.45) is 9.97. The molecule has 0 aromatic heterocycles. The first kappa shape index (κ1) is 18.8. The Labute approximate surface area is 158 Å². The largest absolute Gasteiger partial charge is 0.494 e. The average Bonchev–Trinajstić information content (AvgIpc) is 2.63. The molecule has 0 atom stereocenters. The fourth-order valence-corrected chi connectivity index (χ4v) is 3.77. The Morgan fingerprint density at radius 2 is 2.12 bits per heavy atom. The van der Waals surface area contributed by atoms with E-state index in [9.17, 15) is 0 Å². The number of unbranched alkanes of at least 4 members (excludes halogenated alkanes) is 1. The van der Waals surface area contributed by atoms with Crippen molar-refractivity contribution >= 4 is 5.69 Å². The zero-order valence-corrected chi connectivity index (χ0v) is 16.3. The minimum Gasteiger partial charge on any atom is -0.494 e. The SMILES string of the molecule is C=C1CCc2ccc(OCCCCN3CCC(/C=C\C)=C(C)C3)cc2N1. The molecule has 3 heteroatoms. The van der Waals surface area contributed by atoms with Crippen LogP contribution in [0.4, 0.5) is 5.69 Å². The van der Waals surface area contributed by atoms with Gasteiger partial charge in [-0.3, -0.25) is 4.90 Å². The number of fused-ring (bicyclic) bond motifs is 1. The van der Waals surface area contributed by atoms with Crippen LogP contribution in [0.3, 0.4) is 0 Å². The van der Waals surface area contributed by atoms with Crippen molar-refractivity contribution < 1.29 is 4.74 Å². The molecule has 2 heterocycles. The van der Waals surface area contributed by atoms with Crippen molar-refractivity contribution in [2.75, 3.05) is 31.6 Å². The summed E-state index contributed by atoms with van der Waals surface area (Å²) in [5, 5.41) is 3.37. The highest BCUT2D eigenvalue weighted by molar-refractivity contribution is 5.60. The van der Waals surface area contributed by atoms with E-state index in [0.29, 0.717) is 0 Å². The molecule has 0 amide bonds. The molecule has 140 valence electrons. The van der Waals surface area contributed by atoms with Crippen LogP contribution < -0.4 is 10.1 Å². The Kier molecular flexibility index (Phi) is 6.56. The van der Waals surface area contributed by atoms with Gasteiger partial charge in [-0.05, 0) is 69.7 Å². The zero-order valence-electron chi connectivity index (χ0n) is 16.3. The molecule has 0 radical (unpaired) electrons. The first-order valence-corrected chi connectivity index (χ1v) is 9.90. The van der Waals surface area contributed by atoms with Gasteiger partial charge in [0.05, 0.1) is 6.61 Å². The molecule has 0 aliphatic carbocycles. The summed E-state index contributed by atoms with van der Waals surface area (Å²) in [5.41, 5.74) is 6.66. The summed E-state index contributed by atoms with van der Waals surface area (Å²) in [5.74, 6) is 0.957. The minimum absolute atomic E-state index is 0.784. The van der Waals surface area contributed by atoms with Crippen LogP contribution in [-0.4, -0.2) is 31.1 Å². The van der Waals surface area contributed by atoms with Crippen LogP contribution in [-0.2, 0) is 6.42 Å². The van der Waals surface area contributed by atoms with Gasteiger partial charge in [0.2, 0.25) is 0 Å². The van der Waals surface area contributed by atoms with Gasteiger partial charge in [0, 0.05) is 30.5 Å². The van der Waals surface area contributed by atoms with E-state index in [2.05, 4.69) is 61.0 Å². The lowest BCUT2D eigenvalue weighted by Crippen LogP contribution is -2.32. The van der Waals surface area contributed by atoms with E-state index in [1.54, 1.807) is 0 Å². The standard InChI is InChI=1S/C23H32N2O/c1-4-7-20-12-14-25(17-18(20)2)13-5-6-15-26-22-11-10-21-9-8-19(3)24-23(21)16-22/h4,7,10-11,16,24H,3,5-6,8-9,12-15,17H2,1-2H3/b7-4-. The zero-order chi connectivity index (χ0) is 18.4. The van der Waals surface area contributed by atoms with Gasteiger partial charge >= 0.3 is 0 Å². The third-order valence-electron chi connectivity index (χ3n) is 5.30. The van der Waals surface area contributed by atoms with Gasteiger partial charge in [0.1, 0.15) is 5.75 Å². The monoisotopic (exact) mass is 352 g/mol. The number of aryl methyl sites for hydroxylation is 1. The van der Waals surface area contributed by atoms with E-state index in [4.69, 9.17) is 4.74 Å². The highest BCUT2D eigenvalue weighted by Crippen LogP contribution is 2.29. The molecule has 0 saturated carbocycles. The number of anilines is 1. The van der Waals surface area contributed by atoms with Crippen LogP contribution in [0.15, 0.2) is 53.8 Å². The average molecular weight is 353 g/mol. The highest BCUT2D eigenvalue weighted by Gasteiger charge is 2.14. The van der Waals surface area contributed by atoms with Gasteiger partial charge in [-0.2, -0.15) is 0 Å². The van der Waals surface area contributed by atoms with Gasteiger partial charge in [0.25, 0.3) is 0 Å². The summed E-state index contributed by atoms with van der Waals surface area (Å²) in [4.78, 5) is 2.57. The fourth-order valence-electron chi connectivity index (χ4n) is 3.77. The van der Waals surface area contributed by atoms with Crippen molar-refractivity contribution in [3.05, 3.63) is 59.3 Å². The van der Waals surface area contributed by atoms with Crippen LogP contribution in [0, 0.1) is 0 Å². The summed E-state index contributed by atoms with van der Waals surface area (Å²) in [6.45, 7) is 12.6. The predicted octanol–water partition coefficient (Wildman–Crippen LogP) is 5.32. The van der Waals surface area contributed by atoms with Gasteiger partial charge in [-0.15, -0.1) is 0 Å². The Bertz CT molecular complexity index is 702. The molecule has 26 heavy (non-hydrogen) atoms. The number of hydrogen-bond donors (Lipinski definition) is 1. The second kappa shape index (κ2) is 9.09. The fraction of sp³-hybridized carbons (Fsp3) is 0.478. The van der Waals surface area contributed by atoms with Crippen molar-refractivity contribution in [2.45, 2.75) is 46.0 Å². The maximum Gasteiger partial charge on any atom is 0.121 e. The van der Waals surface area contributed by atoms with E-state index in [1.165, 1.54) is 36.1 Å². The van der Waals surface area contributed by atoms with Crippen LogP contribution in [0.2, 0.25) is 0 Å². The van der Waals surface area contributed by atoms with E-state index >= 15 is 0 Å². The molecule has 0 fully saturated rings. The lowest BCUT2D eigenvalue weighted by Gasteiger charge is -2.28.